The lowest BCUT2D eigenvalue weighted by Crippen LogP contribution is -2.62. The zero-order valence-corrected chi connectivity index (χ0v) is 11.5. The lowest BCUT2D eigenvalue weighted by atomic mass is 9.76. The lowest BCUT2D eigenvalue weighted by Gasteiger charge is -2.45. The van der Waals surface area contributed by atoms with Gasteiger partial charge >= 0.3 is 6.09 Å². The highest BCUT2D eigenvalue weighted by Gasteiger charge is 2.60. The molecule has 0 aromatic rings. The first-order valence-corrected chi connectivity index (χ1v) is 6.59. The first-order valence-electron chi connectivity index (χ1n) is 6.59. The number of hydrogen-bond acceptors (Lipinski definition) is 4. The molecule has 5 heteroatoms. The number of hydrogen-bond donors (Lipinski definition) is 2. The summed E-state index contributed by atoms with van der Waals surface area (Å²) in [6, 6.07) is 0. The van der Waals surface area contributed by atoms with Gasteiger partial charge in [-0.2, -0.15) is 0 Å². The average Bonchev–Trinajstić information content (AvgIpc) is 3.01. The highest BCUT2D eigenvalue weighted by Crippen LogP contribution is 2.56. The third-order valence-corrected chi connectivity index (χ3v) is 4.16. The Morgan fingerprint density at radius 1 is 1.39 bits per heavy atom. The van der Waals surface area contributed by atoms with E-state index in [9.17, 15) is 9.90 Å². The van der Waals surface area contributed by atoms with E-state index in [0.29, 0.717) is 19.5 Å². The molecule has 1 heterocycles. The van der Waals surface area contributed by atoms with Gasteiger partial charge in [-0.05, 0) is 40.0 Å². The van der Waals surface area contributed by atoms with Crippen LogP contribution in [0.25, 0.3) is 0 Å². The molecule has 0 bridgehead atoms. The Kier molecular flexibility index (Phi) is 3.10. The predicted octanol–water partition coefficient (Wildman–Crippen LogP) is 1.10. The minimum absolute atomic E-state index is 0.00480. The number of piperidine rings is 1. The van der Waals surface area contributed by atoms with Crippen LogP contribution in [0.3, 0.4) is 0 Å². The molecule has 1 amide bonds. The molecule has 2 rings (SSSR count). The summed E-state index contributed by atoms with van der Waals surface area (Å²) in [6.45, 7) is 6.76. The van der Waals surface area contributed by atoms with E-state index in [1.165, 1.54) is 0 Å². The summed E-state index contributed by atoms with van der Waals surface area (Å²) in [6.07, 6.45) is 2.35. The Morgan fingerprint density at radius 2 is 2.00 bits per heavy atom. The van der Waals surface area contributed by atoms with Crippen molar-refractivity contribution in [3.8, 4) is 0 Å². The third kappa shape index (κ3) is 2.34. The Hall–Kier alpha value is -0.810. The summed E-state index contributed by atoms with van der Waals surface area (Å²) in [7, 11) is 0. The Labute approximate surface area is 108 Å². The SMILES string of the molecule is CC(C)(C)OC(=O)N1CCC(N)(CO)C2(CC2)C1. The second-order valence-corrected chi connectivity index (χ2v) is 6.75. The van der Waals surface area contributed by atoms with Crippen LogP contribution in [0.4, 0.5) is 4.79 Å². The van der Waals surface area contributed by atoms with E-state index in [0.717, 1.165) is 12.8 Å². The predicted molar refractivity (Wildman–Crippen MR) is 68.1 cm³/mol. The van der Waals surface area contributed by atoms with Crippen LogP contribution < -0.4 is 5.73 Å². The van der Waals surface area contributed by atoms with Crippen molar-refractivity contribution in [1.29, 1.82) is 0 Å². The zero-order chi connectivity index (χ0) is 13.6. The summed E-state index contributed by atoms with van der Waals surface area (Å²) in [5.41, 5.74) is 5.18. The molecule has 1 saturated carbocycles. The Morgan fingerprint density at radius 3 is 2.44 bits per heavy atom. The van der Waals surface area contributed by atoms with Gasteiger partial charge in [0.25, 0.3) is 0 Å². The summed E-state index contributed by atoms with van der Waals surface area (Å²) in [5, 5.41) is 9.48. The van der Waals surface area contributed by atoms with Gasteiger partial charge in [0.05, 0.1) is 6.61 Å². The van der Waals surface area contributed by atoms with Gasteiger partial charge in [0.15, 0.2) is 0 Å². The Balaban J connectivity index is 2.02. The maximum Gasteiger partial charge on any atom is 0.410 e. The molecule has 2 fully saturated rings. The van der Waals surface area contributed by atoms with Crippen LogP contribution in [0.2, 0.25) is 0 Å². The van der Waals surface area contributed by atoms with Crippen molar-refractivity contribution in [2.45, 2.75) is 51.2 Å². The van der Waals surface area contributed by atoms with Gasteiger partial charge in [-0.15, -0.1) is 0 Å². The maximum atomic E-state index is 12.0. The number of aliphatic hydroxyl groups excluding tert-OH is 1. The number of carbonyl (C=O) groups is 1. The molecule has 1 spiro atoms. The molecule has 2 aliphatic rings. The average molecular weight is 256 g/mol. The molecule has 0 aromatic heterocycles. The summed E-state index contributed by atoms with van der Waals surface area (Å²) >= 11 is 0. The van der Waals surface area contributed by atoms with Crippen LogP contribution in [0, 0.1) is 5.41 Å². The number of likely N-dealkylation sites (tertiary alicyclic amines) is 1. The highest BCUT2D eigenvalue weighted by atomic mass is 16.6. The summed E-state index contributed by atoms with van der Waals surface area (Å²) in [5.74, 6) is 0. The highest BCUT2D eigenvalue weighted by molar-refractivity contribution is 5.68. The van der Waals surface area contributed by atoms with Crippen molar-refractivity contribution < 1.29 is 14.6 Å². The van der Waals surface area contributed by atoms with Gasteiger partial charge in [-0.1, -0.05) is 0 Å². The third-order valence-electron chi connectivity index (χ3n) is 4.16. The number of nitrogens with two attached hydrogens (primary N) is 1. The number of aliphatic hydroxyl groups is 1. The standard InChI is InChI=1S/C13H24N2O3/c1-11(2,3)18-10(17)15-7-6-13(14,9-16)12(8-15)4-5-12/h16H,4-9,14H2,1-3H3. The molecule has 3 N–H and O–H groups in total. The maximum absolute atomic E-state index is 12.0. The van der Waals surface area contributed by atoms with Crippen LogP contribution in [-0.4, -0.2) is 46.9 Å². The van der Waals surface area contributed by atoms with Gasteiger partial charge in [-0.25, -0.2) is 4.79 Å². The fraction of sp³-hybridized carbons (Fsp3) is 0.923. The lowest BCUT2D eigenvalue weighted by molar-refractivity contribution is -0.00679. The molecule has 1 saturated heterocycles. The van der Waals surface area contributed by atoms with E-state index in [4.69, 9.17) is 10.5 Å². The van der Waals surface area contributed by atoms with Crippen molar-refractivity contribution in [1.82, 2.24) is 4.90 Å². The molecule has 5 nitrogen and oxygen atoms in total. The van der Waals surface area contributed by atoms with Gasteiger partial charge < -0.3 is 20.5 Å². The monoisotopic (exact) mass is 256 g/mol. The fourth-order valence-corrected chi connectivity index (χ4v) is 2.74. The minimum atomic E-state index is -0.522. The van der Waals surface area contributed by atoms with Crippen LogP contribution >= 0.6 is 0 Å². The van der Waals surface area contributed by atoms with Gasteiger partial charge in [-0.3, -0.25) is 0 Å². The second kappa shape index (κ2) is 4.10. The zero-order valence-electron chi connectivity index (χ0n) is 11.5. The van der Waals surface area contributed by atoms with E-state index in [1.807, 2.05) is 20.8 Å². The quantitative estimate of drug-likeness (QED) is 0.736. The molecule has 1 aliphatic carbocycles. The molecule has 0 aromatic carbocycles. The van der Waals surface area contributed by atoms with Crippen molar-refractivity contribution in [2.75, 3.05) is 19.7 Å². The van der Waals surface area contributed by atoms with Crippen molar-refractivity contribution >= 4 is 6.09 Å². The molecule has 0 radical (unpaired) electrons. The molecule has 18 heavy (non-hydrogen) atoms. The van der Waals surface area contributed by atoms with Crippen molar-refractivity contribution in [2.24, 2.45) is 11.1 Å². The Bertz CT molecular complexity index is 347. The normalized spacial score (nSPS) is 30.4. The van der Waals surface area contributed by atoms with Crippen LogP contribution in [0.5, 0.6) is 0 Å². The smallest absolute Gasteiger partial charge is 0.410 e. The van der Waals surface area contributed by atoms with Crippen LogP contribution in [0.1, 0.15) is 40.0 Å². The molecule has 1 unspecified atom stereocenters. The topological polar surface area (TPSA) is 75.8 Å². The van der Waals surface area contributed by atoms with E-state index in [1.54, 1.807) is 4.90 Å². The molecule has 1 atom stereocenters. The number of ether oxygens (including phenoxy) is 1. The van der Waals surface area contributed by atoms with Gasteiger partial charge in [0.2, 0.25) is 0 Å². The molecular weight excluding hydrogens is 232 g/mol. The number of rotatable bonds is 1. The minimum Gasteiger partial charge on any atom is -0.444 e. The van der Waals surface area contributed by atoms with E-state index in [2.05, 4.69) is 0 Å². The van der Waals surface area contributed by atoms with Gasteiger partial charge in [0, 0.05) is 24.0 Å². The number of carbonyl (C=O) groups excluding carboxylic acids is 1. The van der Waals surface area contributed by atoms with Crippen molar-refractivity contribution in [3.63, 3.8) is 0 Å². The first kappa shape index (κ1) is 13.6. The van der Waals surface area contributed by atoms with Crippen LogP contribution in [-0.2, 0) is 4.74 Å². The number of amides is 1. The second-order valence-electron chi connectivity index (χ2n) is 6.75. The van der Waals surface area contributed by atoms with Gasteiger partial charge in [0.1, 0.15) is 5.60 Å². The van der Waals surface area contributed by atoms with E-state index >= 15 is 0 Å². The van der Waals surface area contributed by atoms with E-state index < -0.39 is 11.1 Å². The van der Waals surface area contributed by atoms with Crippen LogP contribution in [0.15, 0.2) is 0 Å². The molecule has 104 valence electrons. The molecular formula is C13H24N2O3. The summed E-state index contributed by atoms with van der Waals surface area (Å²) in [4.78, 5) is 13.8. The number of nitrogens with zero attached hydrogens (tertiary/aromatic N) is 1. The largest absolute Gasteiger partial charge is 0.444 e. The van der Waals surface area contributed by atoms with E-state index in [-0.39, 0.29) is 18.1 Å². The molecule has 1 aliphatic heterocycles. The fourth-order valence-electron chi connectivity index (χ4n) is 2.74. The van der Waals surface area contributed by atoms with Crippen molar-refractivity contribution in [3.05, 3.63) is 0 Å². The summed E-state index contributed by atoms with van der Waals surface area (Å²) < 4.78 is 5.38. The first-order chi connectivity index (χ1) is 8.21.